The number of carbonyl (C=O) groups excluding carboxylic acids is 3. The minimum atomic E-state index is -0.473. The molecule has 0 radical (unpaired) electrons. The Kier molecular flexibility index (Phi) is 15.2. The highest BCUT2D eigenvalue weighted by Crippen LogP contribution is 2.06. The van der Waals surface area contributed by atoms with Gasteiger partial charge in [0.2, 0.25) is 6.08 Å². The molecule has 0 N–H and O–H groups in total. The molecule has 0 unspecified atom stereocenters. The molecular formula is C22H27NO5. The molecule has 0 saturated heterocycles. The van der Waals surface area contributed by atoms with Gasteiger partial charge in [-0.25, -0.2) is 19.4 Å². The fraction of sp³-hybridized carbons (Fsp3) is 0.318. The number of nitrogens with zero attached hydrogens (tertiary/aromatic N) is 1. The summed E-state index contributed by atoms with van der Waals surface area (Å²) in [5.74, 6) is -0.803. The molecule has 0 atom stereocenters. The van der Waals surface area contributed by atoms with Crippen molar-refractivity contribution in [2.75, 3.05) is 19.8 Å². The van der Waals surface area contributed by atoms with Gasteiger partial charge in [-0.15, -0.1) is 0 Å². The zero-order chi connectivity index (χ0) is 21.0. The van der Waals surface area contributed by atoms with E-state index < -0.39 is 5.97 Å². The molecule has 150 valence electrons. The number of benzene rings is 1. The van der Waals surface area contributed by atoms with Gasteiger partial charge in [-0.05, 0) is 18.4 Å². The van der Waals surface area contributed by atoms with Crippen molar-refractivity contribution < 1.29 is 23.9 Å². The van der Waals surface area contributed by atoms with Crippen molar-refractivity contribution in [1.82, 2.24) is 0 Å². The zero-order valence-corrected chi connectivity index (χ0v) is 16.3. The first kappa shape index (κ1) is 24.8. The molecule has 0 aromatic heterocycles. The standard InChI is InChI=1S/C15H15NO3.C7H12O2/c1-13(15(18)19-11-10-16-12-17)6-5-9-14-7-3-2-4-8-14;1-3-5-6-9-7(8)4-2/h2-5,7-9H,1,6,10-11H2;4H,2-3,5-6H2,1H3. The summed E-state index contributed by atoms with van der Waals surface area (Å²) in [6.45, 7) is 9.67. The molecule has 1 aromatic carbocycles. The predicted octanol–water partition coefficient (Wildman–Crippen LogP) is 4.04. The van der Waals surface area contributed by atoms with Gasteiger partial charge in [0, 0.05) is 11.6 Å². The Bertz CT molecular complexity index is 688. The van der Waals surface area contributed by atoms with Crippen molar-refractivity contribution in [2.45, 2.75) is 26.2 Å². The van der Waals surface area contributed by atoms with Crippen LogP contribution in [0.25, 0.3) is 6.08 Å². The first-order chi connectivity index (χ1) is 13.5. The fourth-order valence-electron chi connectivity index (χ4n) is 1.69. The van der Waals surface area contributed by atoms with Gasteiger partial charge < -0.3 is 9.47 Å². The molecule has 0 bridgehead atoms. The van der Waals surface area contributed by atoms with Gasteiger partial charge in [-0.2, -0.15) is 0 Å². The smallest absolute Gasteiger partial charge is 0.333 e. The van der Waals surface area contributed by atoms with Crippen LogP contribution in [0.3, 0.4) is 0 Å². The van der Waals surface area contributed by atoms with E-state index in [4.69, 9.17) is 4.74 Å². The largest absolute Gasteiger partial charge is 0.463 e. The number of allylic oxidation sites excluding steroid dienone is 1. The van der Waals surface area contributed by atoms with Gasteiger partial charge >= 0.3 is 11.9 Å². The lowest BCUT2D eigenvalue weighted by Gasteiger charge is -2.03. The first-order valence-corrected chi connectivity index (χ1v) is 8.94. The van der Waals surface area contributed by atoms with Crippen LogP contribution in [0.2, 0.25) is 0 Å². The van der Waals surface area contributed by atoms with Crippen LogP contribution >= 0.6 is 0 Å². The van der Waals surface area contributed by atoms with E-state index in [1.54, 1.807) is 0 Å². The molecule has 0 spiro atoms. The van der Waals surface area contributed by atoms with Gasteiger partial charge in [0.15, 0.2) is 0 Å². The second-order valence-corrected chi connectivity index (χ2v) is 5.45. The number of carbonyl (C=O) groups is 2. The second-order valence-electron chi connectivity index (χ2n) is 5.45. The molecule has 0 aliphatic carbocycles. The lowest BCUT2D eigenvalue weighted by atomic mass is 10.1. The summed E-state index contributed by atoms with van der Waals surface area (Å²) in [7, 11) is 0. The number of hydrogen-bond acceptors (Lipinski definition) is 6. The van der Waals surface area contributed by atoms with E-state index in [0.717, 1.165) is 18.4 Å². The molecule has 6 nitrogen and oxygen atoms in total. The van der Waals surface area contributed by atoms with Gasteiger partial charge in [-0.3, -0.25) is 0 Å². The number of rotatable bonds is 11. The van der Waals surface area contributed by atoms with Crippen LogP contribution in [-0.4, -0.2) is 37.8 Å². The van der Waals surface area contributed by atoms with Crippen molar-refractivity contribution in [1.29, 1.82) is 0 Å². The maximum absolute atomic E-state index is 11.5. The maximum atomic E-state index is 11.5. The zero-order valence-electron chi connectivity index (χ0n) is 16.3. The van der Waals surface area contributed by atoms with Crippen LogP contribution < -0.4 is 0 Å². The van der Waals surface area contributed by atoms with Gasteiger partial charge in [0.25, 0.3) is 0 Å². The third-order valence-corrected chi connectivity index (χ3v) is 3.17. The molecular weight excluding hydrogens is 358 g/mol. The number of esters is 2. The topological polar surface area (TPSA) is 82.0 Å². The third kappa shape index (κ3) is 14.0. The molecule has 28 heavy (non-hydrogen) atoms. The summed E-state index contributed by atoms with van der Waals surface area (Å²) in [5, 5.41) is 0. The number of aliphatic imine (C=N–C) groups is 1. The molecule has 0 aliphatic rings. The van der Waals surface area contributed by atoms with Crippen LogP contribution in [0.15, 0.2) is 66.2 Å². The van der Waals surface area contributed by atoms with Gasteiger partial charge in [-0.1, -0.05) is 69.0 Å². The van der Waals surface area contributed by atoms with Gasteiger partial charge in [0.05, 0.1) is 13.2 Å². The Morgan fingerprint density at radius 2 is 1.89 bits per heavy atom. The Morgan fingerprint density at radius 3 is 2.50 bits per heavy atom. The average Bonchev–Trinajstić information content (AvgIpc) is 2.72. The highest BCUT2D eigenvalue weighted by atomic mass is 16.5. The average molecular weight is 385 g/mol. The highest BCUT2D eigenvalue weighted by molar-refractivity contribution is 5.88. The first-order valence-electron chi connectivity index (χ1n) is 8.94. The monoisotopic (exact) mass is 385 g/mol. The number of unbranched alkanes of at least 4 members (excludes halogenated alkanes) is 1. The minimum absolute atomic E-state index is 0.0650. The van der Waals surface area contributed by atoms with Crippen molar-refractivity contribution in [2.24, 2.45) is 4.99 Å². The van der Waals surface area contributed by atoms with Crippen molar-refractivity contribution in [3.8, 4) is 0 Å². The molecule has 0 heterocycles. The fourth-order valence-corrected chi connectivity index (χ4v) is 1.69. The Labute approximate surface area is 166 Å². The quantitative estimate of drug-likeness (QED) is 0.189. The number of hydrogen-bond donors (Lipinski definition) is 0. The minimum Gasteiger partial charge on any atom is -0.463 e. The predicted molar refractivity (Wildman–Crippen MR) is 109 cm³/mol. The Balaban J connectivity index is 0.000000684. The summed E-state index contributed by atoms with van der Waals surface area (Å²) in [6, 6.07) is 9.76. The summed E-state index contributed by atoms with van der Waals surface area (Å²) < 4.78 is 9.54. The maximum Gasteiger partial charge on any atom is 0.333 e. The molecule has 0 aliphatic heterocycles. The van der Waals surface area contributed by atoms with Crippen LogP contribution in [0.4, 0.5) is 0 Å². The number of ether oxygens (including phenoxy) is 2. The summed E-state index contributed by atoms with van der Waals surface area (Å²) in [4.78, 5) is 34.9. The highest BCUT2D eigenvalue weighted by Gasteiger charge is 2.05. The van der Waals surface area contributed by atoms with E-state index in [-0.39, 0.29) is 19.1 Å². The third-order valence-electron chi connectivity index (χ3n) is 3.17. The Morgan fingerprint density at radius 1 is 1.18 bits per heavy atom. The van der Waals surface area contributed by atoms with E-state index in [9.17, 15) is 14.4 Å². The van der Waals surface area contributed by atoms with Crippen LogP contribution in [0, 0.1) is 0 Å². The molecule has 1 rings (SSSR count). The molecule has 6 heteroatoms. The lowest BCUT2D eigenvalue weighted by molar-refractivity contribution is -0.139. The molecule has 0 fully saturated rings. The number of isocyanates is 1. The summed E-state index contributed by atoms with van der Waals surface area (Å²) in [6.07, 6.45) is 8.71. The second kappa shape index (κ2) is 17.2. The lowest BCUT2D eigenvalue weighted by Crippen LogP contribution is -2.09. The van der Waals surface area contributed by atoms with Crippen LogP contribution in [0.1, 0.15) is 31.7 Å². The Hall–Kier alpha value is -3.24. The van der Waals surface area contributed by atoms with E-state index in [2.05, 4.69) is 22.9 Å². The summed E-state index contributed by atoms with van der Waals surface area (Å²) in [5.41, 5.74) is 1.42. The van der Waals surface area contributed by atoms with Crippen LogP contribution in [0.5, 0.6) is 0 Å². The normalized spacial score (nSPS) is 9.46. The van der Waals surface area contributed by atoms with Crippen molar-refractivity contribution in [3.05, 3.63) is 66.8 Å². The van der Waals surface area contributed by atoms with Crippen molar-refractivity contribution >= 4 is 24.1 Å². The van der Waals surface area contributed by atoms with Gasteiger partial charge in [0.1, 0.15) is 6.61 Å². The van der Waals surface area contributed by atoms with Crippen molar-refractivity contribution in [3.63, 3.8) is 0 Å². The van der Waals surface area contributed by atoms with E-state index in [1.165, 1.54) is 12.2 Å². The molecule has 0 amide bonds. The molecule has 0 saturated carbocycles. The summed E-state index contributed by atoms with van der Waals surface area (Å²) >= 11 is 0. The van der Waals surface area contributed by atoms with E-state index >= 15 is 0 Å². The van der Waals surface area contributed by atoms with E-state index in [1.807, 2.05) is 49.4 Å². The molecule has 1 aromatic rings. The van der Waals surface area contributed by atoms with Crippen LogP contribution in [-0.2, 0) is 23.9 Å². The van der Waals surface area contributed by atoms with E-state index in [0.29, 0.717) is 18.6 Å². The SMILES string of the molecule is C=C(CC=Cc1ccccc1)C(=O)OCCN=C=O.C=CC(=O)OCCCC.